The highest BCUT2D eigenvalue weighted by molar-refractivity contribution is 5.81. The molecule has 1 aromatic carbocycles. The highest BCUT2D eigenvalue weighted by Crippen LogP contribution is 2.22. The molecule has 30 heavy (non-hydrogen) atoms. The molecule has 2 atom stereocenters. The molecule has 0 saturated carbocycles. The van der Waals surface area contributed by atoms with E-state index in [1.165, 1.54) is 25.2 Å². The second kappa shape index (κ2) is 10.9. The Hall–Kier alpha value is -2.67. The van der Waals surface area contributed by atoms with Crippen LogP contribution in [0.3, 0.4) is 0 Å². The maximum atomic E-state index is 11.9. The van der Waals surface area contributed by atoms with Crippen LogP contribution in [0.15, 0.2) is 40.9 Å². The summed E-state index contributed by atoms with van der Waals surface area (Å²) in [5.74, 6) is 1.31. The molecular formula is C23H32N4O3. The van der Waals surface area contributed by atoms with E-state index in [4.69, 9.17) is 4.52 Å². The van der Waals surface area contributed by atoms with Gasteiger partial charge in [0.15, 0.2) is 0 Å². The van der Waals surface area contributed by atoms with E-state index in [1.54, 1.807) is 11.0 Å². The fourth-order valence-electron chi connectivity index (χ4n) is 4.16. The van der Waals surface area contributed by atoms with Crippen LogP contribution in [-0.2, 0) is 16.0 Å². The zero-order valence-electron chi connectivity index (χ0n) is 17.9. The summed E-state index contributed by atoms with van der Waals surface area (Å²) in [5.41, 5.74) is 2.13. The van der Waals surface area contributed by atoms with Crippen molar-refractivity contribution in [1.29, 1.82) is 0 Å². The Bertz CT molecular complexity index is 808. The summed E-state index contributed by atoms with van der Waals surface area (Å²) in [6, 6.07) is 12.2. The summed E-state index contributed by atoms with van der Waals surface area (Å²) in [6.07, 6.45) is 4.01. The minimum atomic E-state index is -0.253. The van der Waals surface area contributed by atoms with Crippen molar-refractivity contribution in [1.82, 2.24) is 15.4 Å². The first-order valence-corrected chi connectivity index (χ1v) is 10.7. The van der Waals surface area contributed by atoms with Crippen molar-refractivity contribution < 1.29 is 14.1 Å². The molecule has 2 aliphatic rings. The minimum absolute atomic E-state index is 0.0641. The maximum absolute atomic E-state index is 11.9. The summed E-state index contributed by atoms with van der Waals surface area (Å²) in [7, 11) is 2.03. The van der Waals surface area contributed by atoms with Crippen LogP contribution in [0.25, 0.3) is 0 Å². The highest BCUT2D eigenvalue weighted by Gasteiger charge is 2.28. The monoisotopic (exact) mass is 412 g/mol. The van der Waals surface area contributed by atoms with Gasteiger partial charge in [-0.05, 0) is 57.8 Å². The molecule has 0 radical (unpaired) electrons. The number of aryl methyl sites for hydroxylation is 1. The number of carbonyl (C=O) groups is 2. The lowest BCUT2D eigenvalue weighted by Gasteiger charge is -2.19. The van der Waals surface area contributed by atoms with Crippen molar-refractivity contribution in [2.24, 2.45) is 5.92 Å². The van der Waals surface area contributed by atoms with Gasteiger partial charge in [-0.3, -0.25) is 4.79 Å². The number of nitrogens with zero attached hydrogens (tertiary/aromatic N) is 3. The summed E-state index contributed by atoms with van der Waals surface area (Å²) in [6.45, 7) is 6.02. The fourth-order valence-corrected chi connectivity index (χ4v) is 4.16. The van der Waals surface area contributed by atoms with Gasteiger partial charge in [-0.25, -0.2) is 0 Å². The number of aromatic nitrogens is 1. The molecule has 0 bridgehead atoms. The van der Waals surface area contributed by atoms with Crippen LogP contribution in [0.4, 0.5) is 5.69 Å². The van der Waals surface area contributed by atoms with Gasteiger partial charge in [0.1, 0.15) is 12.0 Å². The van der Waals surface area contributed by atoms with Gasteiger partial charge in [-0.15, -0.1) is 0 Å². The van der Waals surface area contributed by atoms with Crippen molar-refractivity contribution in [3.63, 3.8) is 0 Å². The average Bonchev–Trinajstić information content (AvgIpc) is 3.50. The predicted molar refractivity (Wildman–Crippen MR) is 116 cm³/mol. The number of hydrogen-bond donors (Lipinski definition) is 1. The van der Waals surface area contributed by atoms with E-state index in [-0.39, 0.29) is 18.4 Å². The number of hydrogen-bond acceptors (Lipinski definition) is 6. The average molecular weight is 413 g/mol. The first-order valence-electron chi connectivity index (χ1n) is 10.7. The van der Waals surface area contributed by atoms with E-state index < -0.39 is 0 Å². The van der Waals surface area contributed by atoms with Gasteiger partial charge in [-0.2, -0.15) is 0 Å². The SMILES string of the molecule is CNCC1CCN(c2ccccc2)C1.Cc1cc(CC(=O)N2CCCC2C=O)on1. The van der Waals surface area contributed by atoms with Crippen LogP contribution in [0.1, 0.15) is 30.7 Å². The van der Waals surface area contributed by atoms with E-state index in [2.05, 4.69) is 45.7 Å². The number of anilines is 1. The summed E-state index contributed by atoms with van der Waals surface area (Å²) >= 11 is 0. The lowest BCUT2D eigenvalue weighted by molar-refractivity contribution is -0.134. The molecule has 4 rings (SSSR count). The second-order valence-corrected chi connectivity index (χ2v) is 8.04. The van der Waals surface area contributed by atoms with E-state index >= 15 is 0 Å². The predicted octanol–water partition coefficient (Wildman–Crippen LogP) is 2.45. The molecule has 2 aliphatic heterocycles. The van der Waals surface area contributed by atoms with E-state index in [9.17, 15) is 9.59 Å². The van der Waals surface area contributed by atoms with Crippen molar-refractivity contribution in [2.45, 2.75) is 38.6 Å². The smallest absolute Gasteiger partial charge is 0.230 e. The number of para-hydroxylation sites is 1. The Morgan fingerprint density at radius 1 is 1.27 bits per heavy atom. The van der Waals surface area contributed by atoms with E-state index in [0.29, 0.717) is 12.3 Å². The van der Waals surface area contributed by atoms with Crippen molar-refractivity contribution in [3.05, 3.63) is 47.9 Å². The van der Waals surface area contributed by atoms with Gasteiger partial charge >= 0.3 is 0 Å². The van der Waals surface area contributed by atoms with Gasteiger partial charge in [0, 0.05) is 31.4 Å². The highest BCUT2D eigenvalue weighted by atomic mass is 16.5. The summed E-state index contributed by atoms with van der Waals surface area (Å²) < 4.78 is 4.98. The third kappa shape index (κ3) is 5.92. The largest absolute Gasteiger partial charge is 0.371 e. The molecule has 2 saturated heterocycles. The van der Waals surface area contributed by atoms with Crippen LogP contribution < -0.4 is 10.2 Å². The van der Waals surface area contributed by atoms with E-state index in [1.807, 2.05) is 14.0 Å². The van der Waals surface area contributed by atoms with Crippen molar-refractivity contribution in [2.75, 3.05) is 38.1 Å². The topological polar surface area (TPSA) is 78.7 Å². The van der Waals surface area contributed by atoms with Gasteiger partial charge < -0.3 is 24.4 Å². The Balaban J connectivity index is 0.000000172. The molecule has 162 valence electrons. The van der Waals surface area contributed by atoms with Crippen LogP contribution in [0.5, 0.6) is 0 Å². The summed E-state index contributed by atoms with van der Waals surface area (Å²) in [5, 5.41) is 6.98. The number of aldehydes is 1. The van der Waals surface area contributed by atoms with Crippen molar-refractivity contribution >= 4 is 17.9 Å². The molecular weight excluding hydrogens is 380 g/mol. The molecule has 1 amide bonds. The quantitative estimate of drug-likeness (QED) is 0.735. The first kappa shape index (κ1) is 22.0. The van der Waals surface area contributed by atoms with Crippen LogP contribution >= 0.6 is 0 Å². The molecule has 1 aromatic heterocycles. The number of rotatable bonds is 6. The van der Waals surface area contributed by atoms with Gasteiger partial charge in [0.2, 0.25) is 5.91 Å². The van der Waals surface area contributed by atoms with Crippen LogP contribution in [0, 0.1) is 12.8 Å². The Morgan fingerprint density at radius 2 is 2.07 bits per heavy atom. The standard InChI is InChI=1S/C12H18N2.C11H14N2O3/c1-13-9-11-7-8-14(10-11)12-5-3-2-4-6-12;1-8-5-10(16-12-8)6-11(15)13-4-2-3-9(13)7-14/h2-6,11,13H,7-10H2,1H3;5,7,9H,2-4,6H2,1H3. The normalized spacial score (nSPS) is 20.7. The number of nitrogens with one attached hydrogen (secondary N) is 1. The molecule has 0 aliphatic carbocycles. The number of carbonyl (C=O) groups excluding carboxylic acids is 2. The summed E-state index contributed by atoms with van der Waals surface area (Å²) in [4.78, 5) is 26.7. The maximum Gasteiger partial charge on any atom is 0.230 e. The minimum Gasteiger partial charge on any atom is -0.371 e. The zero-order chi connectivity index (χ0) is 21.3. The lowest BCUT2D eigenvalue weighted by atomic mass is 10.1. The van der Waals surface area contributed by atoms with Crippen LogP contribution in [0.2, 0.25) is 0 Å². The molecule has 2 unspecified atom stereocenters. The van der Waals surface area contributed by atoms with Gasteiger partial charge in [-0.1, -0.05) is 23.4 Å². The molecule has 2 fully saturated rings. The third-order valence-electron chi connectivity index (χ3n) is 5.68. The van der Waals surface area contributed by atoms with Gasteiger partial charge in [0.05, 0.1) is 18.2 Å². The Morgan fingerprint density at radius 3 is 2.73 bits per heavy atom. The van der Waals surface area contributed by atoms with Crippen LogP contribution in [-0.4, -0.2) is 61.5 Å². The third-order valence-corrected chi connectivity index (χ3v) is 5.68. The fraction of sp³-hybridized carbons (Fsp3) is 0.522. The molecule has 0 spiro atoms. The molecule has 7 heteroatoms. The van der Waals surface area contributed by atoms with E-state index in [0.717, 1.165) is 37.3 Å². The second-order valence-electron chi connectivity index (χ2n) is 8.04. The number of benzene rings is 1. The molecule has 3 heterocycles. The number of amides is 1. The lowest BCUT2D eigenvalue weighted by Crippen LogP contribution is -2.37. The zero-order valence-corrected chi connectivity index (χ0v) is 17.9. The Labute approximate surface area is 178 Å². The molecule has 7 nitrogen and oxygen atoms in total. The molecule has 2 aromatic rings. The Kier molecular flexibility index (Phi) is 8.02. The first-order chi connectivity index (χ1) is 14.6. The molecule has 1 N–H and O–H groups in total. The van der Waals surface area contributed by atoms with Gasteiger partial charge in [0.25, 0.3) is 0 Å². The van der Waals surface area contributed by atoms with Crippen molar-refractivity contribution in [3.8, 4) is 0 Å². The number of likely N-dealkylation sites (tertiary alicyclic amines) is 1.